The maximum absolute atomic E-state index is 13.1. The van der Waals surface area contributed by atoms with Crippen molar-refractivity contribution in [1.29, 1.82) is 0 Å². The van der Waals surface area contributed by atoms with Gasteiger partial charge in [-0.05, 0) is 64.3 Å². The average Bonchev–Trinajstić information content (AvgIpc) is 2.85. The zero-order valence-corrected chi connectivity index (χ0v) is 16.7. The molecule has 3 aromatic rings. The van der Waals surface area contributed by atoms with E-state index in [1.54, 1.807) is 13.8 Å². The van der Waals surface area contributed by atoms with Crippen LogP contribution in [-0.2, 0) is 4.79 Å². The molecule has 1 amide bonds. The molecule has 0 spiro atoms. The molecule has 0 aliphatic heterocycles. The molecular weight excluding hydrogens is 346 g/mol. The van der Waals surface area contributed by atoms with E-state index in [1.165, 1.54) is 15.9 Å². The Balaban J connectivity index is 2.03. The van der Waals surface area contributed by atoms with Crippen molar-refractivity contribution in [3.05, 3.63) is 55.9 Å². The van der Waals surface area contributed by atoms with Crippen molar-refractivity contribution in [2.24, 2.45) is 0 Å². The highest BCUT2D eigenvalue weighted by Gasteiger charge is 2.22. The van der Waals surface area contributed by atoms with Crippen LogP contribution in [0.3, 0.4) is 0 Å². The molecule has 0 aliphatic carbocycles. The van der Waals surface area contributed by atoms with Crippen molar-refractivity contribution in [3.8, 4) is 0 Å². The first-order chi connectivity index (χ1) is 12.2. The van der Waals surface area contributed by atoms with Crippen LogP contribution in [0.4, 0.5) is 5.69 Å². The van der Waals surface area contributed by atoms with Crippen molar-refractivity contribution < 1.29 is 4.79 Å². The Morgan fingerprint density at radius 3 is 2.58 bits per heavy atom. The first-order valence-corrected chi connectivity index (χ1v) is 9.39. The summed E-state index contributed by atoms with van der Waals surface area (Å²) in [6.07, 6.45) is 0. The minimum Gasteiger partial charge on any atom is -0.324 e. The molecule has 26 heavy (non-hydrogen) atoms. The van der Waals surface area contributed by atoms with Crippen molar-refractivity contribution in [3.63, 3.8) is 0 Å². The van der Waals surface area contributed by atoms with Crippen molar-refractivity contribution >= 4 is 33.1 Å². The van der Waals surface area contributed by atoms with Gasteiger partial charge in [0.15, 0.2) is 0 Å². The highest BCUT2D eigenvalue weighted by Crippen LogP contribution is 2.27. The molecule has 136 valence electrons. The molecule has 2 aromatic heterocycles. The number of nitrogens with zero attached hydrogens (tertiary/aromatic N) is 2. The van der Waals surface area contributed by atoms with E-state index in [2.05, 4.69) is 10.3 Å². The van der Waals surface area contributed by atoms with Gasteiger partial charge in [0, 0.05) is 10.6 Å². The largest absolute Gasteiger partial charge is 0.324 e. The lowest BCUT2D eigenvalue weighted by molar-refractivity contribution is -0.118. The molecule has 1 N–H and O–H groups in total. The highest BCUT2D eigenvalue weighted by atomic mass is 32.1. The Morgan fingerprint density at radius 2 is 1.88 bits per heavy atom. The van der Waals surface area contributed by atoms with Gasteiger partial charge in [-0.3, -0.25) is 14.2 Å². The summed E-state index contributed by atoms with van der Waals surface area (Å²) in [4.78, 5) is 32.2. The Morgan fingerprint density at radius 1 is 1.19 bits per heavy atom. The van der Waals surface area contributed by atoms with Crippen LogP contribution in [0.5, 0.6) is 0 Å². The number of aryl methyl sites for hydroxylation is 5. The maximum atomic E-state index is 13.1. The van der Waals surface area contributed by atoms with Crippen LogP contribution < -0.4 is 10.9 Å². The molecule has 2 heterocycles. The number of carbonyl (C=O) groups excluding carboxylic acids is 1. The van der Waals surface area contributed by atoms with Crippen LogP contribution in [0.1, 0.15) is 40.4 Å². The summed E-state index contributed by atoms with van der Waals surface area (Å²) in [7, 11) is 0. The van der Waals surface area contributed by atoms with E-state index in [1.807, 2.05) is 45.9 Å². The first kappa shape index (κ1) is 18.3. The molecule has 3 rings (SSSR count). The van der Waals surface area contributed by atoms with Gasteiger partial charge in [0.1, 0.15) is 16.7 Å². The standard InChI is InChI=1S/C20H23N3O2S/c1-10-7-8-11(2)16(9-10)22-18(24)13(4)23-15(6)21-19-17(20(23)25)12(3)14(5)26-19/h7-9,13H,1-6H3,(H,22,24). The van der Waals surface area contributed by atoms with Gasteiger partial charge in [-0.25, -0.2) is 4.98 Å². The third kappa shape index (κ3) is 3.05. The summed E-state index contributed by atoms with van der Waals surface area (Å²) in [6, 6.07) is 5.25. The lowest BCUT2D eigenvalue weighted by atomic mass is 10.1. The number of thiophene rings is 1. The second-order valence-electron chi connectivity index (χ2n) is 6.78. The molecular formula is C20H23N3O2S. The highest BCUT2D eigenvalue weighted by molar-refractivity contribution is 7.18. The fraction of sp³-hybridized carbons (Fsp3) is 0.350. The molecule has 0 fully saturated rings. The predicted octanol–water partition coefficient (Wildman–Crippen LogP) is 4.20. The predicted molar refractivity (Wildman–Crippen MR) is 107 cm³/mol. The second-order valence-corrected chi connectivity index (χ2v) is 7.98. The van der Waals surface area contributed by atoms with E-state index in [-0.39, 0.29) is 11.5 Å². The maximum Gasteiger partial charge on any atom is 0.263 e. The Labute approximate surface area is 156 Å². The molecule has 0 radical (unpaired) electrons. The second kappa shape index (κ2) is 6.68. The van der Waals surface area contributed by atoms with Crippen molar-refractivity contribution in [2.45, 2.75) is 47.6 Å². The van der Waals surface area contributed by atoms with Crippen LogP contribution >= 0.6 is 11.3 Å². The van der Waals surface area contributed by atoms with Crippen molar-refractivity contribution in [2.75, 3.05) is 5.32 Å². The van der Waals surface area contributed by atoms with Crippen LogP contribution in [0.15, 0.2) is 23.0 Å². The fourth-order valence-electron chi connectivity index (χ4n) is 3.09. The van der Waals surface area contributed by atoms with Gasteiger partial charge < -0.3 is 5.32 Å². The van der Waals surface area contributed by atoms with E-state index in [0.29, 0.717) is 11.2 Å². The van der Waals surface area contributed by atoms with Crippen LogP contribution in [0, 0.1) is 34.6 Å². The lowest BCUT2D eigenvalue weighted by Gasteiger charge is -2.18. The number of carbonyl (C=O) groups is 1. The van der Waals surface area contributed by atoms with Gasteiger partial charge in [-0.1, -0.05) is 12.1 Å². The zero-order chi connectivity index (χ0) is 19.2. The Hall–Kier alpha value is -2.47. The molecule has 0 saturated heterocycles. The molecule has 1 atom stereocenters. The molecule has 0 saturated carbocycles. The monoisotopic (exact) mass is 369 g/mol. The molecule has 0 aliphatic rings. The van der Waals surface area contributed by atoms with E-state index in [9.17, 15) is 9.59 Å². The Kier molecular flexibility index (Phi) is 4.71. The number of rotatable bonds is 3. The average molecular weight is 369 g/mol. The quantitative estimate of drug-likeness (QED) is 0.752. The summed E-state index contributed by atoms with van der Waals surface area (Å²) in [5.41, 5.74) is 3.61. The summed E-state index contributed by atoms with van der Waals surface area (Å²) in [5.74, 6) is 0.321. The number of hydrogen-bond acceptors (Lipinski definition) is 4. The number of hydrogen-bond donors (Lipinski definition) is 1. The SMILES string of the molecule is Cc1ccc(C)c(NC(=O)C(C)n2c(C)nc3sc(C)c(C)c3c2=O)c1. The molecule has 1 unspecified atom stereocenters. The van der Waals surface area contributed by atoms with E-state index >= 15 is 0 Å². The normalized spacial score (nSPS) is 12.4. The summed E-state index contributed by atoms with van der Waals surface area (Å²) in [6.45, 7) is 11.3. The van der Waals surface area contributed by atoms with E-state index < -0.39 is 6.04 Å². The van der Waals surface area contributed by atoms with Gasteiger partial charge in [-0.2, -0.15) is 0 Å². The lowest BCUT2D eigenvalue weighted by Crippen LogP contribution is -2.34. The summed E-state index contributed by atoms with van der Waals surface area (Å²) < 4.78 is 1.49. The number of fused-ring (bicyclic) bond motifs is 1. The number of amides is 1. The molecule has 1 aromatic carbocycles. The van der Waals surface area contributed by atoms with Crippen LogP contribution in [0.25, 0.3) is 10.2 Å². The number of benzene rings is 1. The molecule has 6 heteroatoms. The van der Waals surface area contributed by atoms with E-state index in [0.717, 1.165) is 32.1 Å². The van der Waals surface area contributed by atoms with Crippen LogP contribution in [-0.4, -0.2) is 15.5 Å². The van der Waals surface area contributed by atoms with Crippen LogP contribution in [0.2, 0.25) is 0 Å². The molecule has 0 bridgehead atoms. The number of nitrogens with one attached hydrogen (secondary N) is 1. The molecule has 5 nitrogen and oxygen atoms in total. The van der Waals surface area contributed by atoms with E-state index in [4.69, 9.17) is 0 Å². The summed E-state index contributed by atoms with van der Waals surface area (Å²) in [5, 5.41) is 3.56. The van der Waals surface area contributed by atoms with Gasteiger partial charge in [-0.15, -0.1) is 11.3 Å². The topological polar surface area (TPSA) is 64.0 Å². The van der Waals surface area contributed by atoms with Gasteiger partial charge in [0.25, 0.3) is 5.56 Å². The minimum absolute atomic E-state index is 0.155. The number of anilines is 1. The third-order valence-electron chi connectivity index (χ3n) is 4.83. The third-order valence-corrected chi connectivity index (χ3v) is 5.93. The van der Waals surface area contributed by atoms with Gasteiger partial charge in [0.05, 0.1) is 5.39 Å². The Bertz CT molecular complexity index is 1080. The van der Waals surface area contributed by atoms with Gasteiger partial charge in [0.2, 0.25) is 5.91 Å². The number of aromatic nitrogens is 2. The summed E-state index contributed by atoms with van der Waals surface area (Å²) >= 11 is 1.52. The zero-order valence-electron chi connectivity index (χ0n) is 15.9. The van der Waals surface area contributed by atoms with Gasteiger partial charge >= 0.3 is 0 Å². The minimum atomic E-state index is -0.654. The smallest absolute Gasteiger partial charge is 0.263 e. The van der Waals surface area contributed by atoms with Crippen molar-refractivity contribution in [1.82, 2.24) is 9.55 Å². The first-order valence-electron chi connectivity index (χ1n) is 8.57. The fourth-order valence-corrected chi connectivity index (χ4v) is 4.15.